The van der Waals surface area contributed by atoms with Gasteiger partial charge in [0.05, 0.1) is 10.7 Å². The van der Waals surface area contributed by atoms with Crippen LogP contribution in [0.3, 0.4) is 0 Å². The molecule has 0 bridgehead atoms. The molecule has 1 aromatic rings. The minimum atomic E-state index is 0.548. The van der Waals surface area contributed by atoms with E-state index in [9.17, 15) is 0 Å². The van der Waals surface area contributed by atoms with Crippen LogP contribution in [0.1, 0.15) is 24.5 Å². The molecule has 0 saturated heterocycles. The standard InChI is InChI=1S/C11H21N3S/c1-5-12-6-9(2)14(4)7-11-8-15-10(3)13-11/h8-9,12H,5-7H2,1-4H3. The lowest BCUT2D eigenvalue weighted by atomic mass is 10.3. The molecule has 1 unspecified atom stereocenters. The molecule has 1 rings (SSSR count). The van der Waals surface area contributed by atoms with E-state index in [-0.39, 0.29) is 0 Å². The Morgan fingerprint density at radius 2 is 2.33 bits per heavy atom. The predicted octanol–water partition coefficient (Wildman–Crippen LogP) is 1.88. The zero-order chi connectivity index (χ0) is 11.3. The summed E-state index contributed by atoms with van der Waals surface area (Å²) in [7, 11) is 2.15. The van der Waals surface area contributed by atoms with Crippen LogP contribution in [-0.4, -0.2) is 36.1 Å². The van der Waals surface area contributed by atoms with E-state index in [1.54, 1.807) is 11.3 Å². The van der Waals surface area contributed by atoms with Gasteiger partial charge in [-0.15, -0.1) is 11.3 Å². The number of hydrogen-bond donors (Lipinski definition) is 1. The molecule has 0 fully saturated rings. The summed E-state index contributed by atoms with van der Waals surface area (Å²) in [6.45, 7) is 9.44. The molecule has 0 aliphatic heterocycles. The van der Waals surface area contributed by atoms with Crippen LogP contribution < -0.4 is 5.32 Å². The molecule has 0 amide bonds. The zero-order valence-electron chi connectivity index (χ0n) is 10.1. The van der Waals surface area contributed by atoms with E-state index in [1.165, 1.54) is 5.69 Å². The van der Waals surface area contributed by atoms with Crippen molar-refractivity contribution in [3.05, 3.63) is 16.1 Å². The quantitative estimate of drug-likeness (QED) is 0.804. The Morgan fingerprint density at radius 3 is 2.87 bits per heavy atom. The van der Waals surface area contributed by atoms with Gasteiger partial charge < -0.3 is 5.32 Å². The molecule has 0 saturated carbocycles. The van der Waals surface area contributed by atoms with Crippen LogP contribution in [0.15, 0.2) is 5.38 Å². The average Bonchev–Trinajstić information content (AvgIpc) is 2.60. The van der Waals surface area contributed by atoms with Crippen molar-refractivity contribution < 1.29 is 0 Å². The molecule has 1 heterocycles. The second kappa shape index (κ2) is 6.20. The summed E-state index contributed by atoms with van der Waals surface area (Å²) in [6.07, 6.45) is 0. The molecule has 3 nitrogen and oxygen atoms in total. The number of nitrogens with one attached hydrogen (secondary N) is 1. The largest absolute Gasteiger partial charge is 0.315 e. The third kappa shape index (κ3) is 4.28. The van der Waals surface area contributed by atoms with Gasteiger partial charge in [0.25, 0.3) is 0 Å². The van der Waals surface area contributed by atoms with Gasteiger partial charge in [-0.25, -0.2) is 4.98 Å². The minimum Gasteiger partial charge on any atom is -0.315 e. The smallest absolute Gasteiger partial charge is 0.0897 e. The third-order valence-corrected chi connectivity index (χ3v) is 3.34. The summed E-state index contributed by atoms with van der Waals surface area (Å²) in [5, 5.41) is 6.66. The number of hydrogen-bond acceptors (Lipinski definition) is 4. The minimum absolute atomic E-state index is 0.548. The summed E-state index contributed by atoms with van der Waals surface area (Å²) < 4.78 is 0. The van der Waals surface area contributed by atoms with E-state index in [0.717, 1.165) is 24.6 Å². The molecule has 0 aromatic carbocycles. The van der Waals surface area contributed by atoms with Crippen LogP contribution in [0.2, 0.25) is 0 Å². The molecule has 0 radical (unpaired) electrons. The second-order valence-corrected chi connectivity index (χ2v) is 4.99. The lowest BCUT2D eigenvalue weighted by molar-refractivity contribution is 0.241. The van der Waals surface area contributed by atoms with Crippen molar-refractivity contribution in [2.45, 2.75) is 33.4 Å². The molecule has 1 aromatic heterocycles. The number of rotatable bonds is 6. The lowest BCUT2D eigenvalue weighted by Crippen LogP contribution is -2.37. The maximum atomic E-state index is 4.47. The van der Waals surface area contributed by atoms with Crippen LogP contribution in [0, 0.1) is 6.92 Å². The van der Waals surface area contributed by atoms with Crippen molar-refractivity contribution >= 4 is 11.3 Å². The van der Waals surface area contributed by atoms with Crippen molar-refractivity contribution in [3.63, 3.8) is 0 Å². The third-order valence-electron chi connectivity index (χ3n) is 2.52. The summed E-state index contributed by atoms with van der Waals surface area (Å²) in [6, 6.07) is 0.548. The Morgan fingerprint density at radius 1 is 1.60 bits per heavy atom. The monoisotopic (exact) mass is 227 g/mol. The Kier molecular flexibility index (Phi) is 5.22. The van der Waals surface area contributed by atoms with Crippen LogP contribution in [0.4, 0.5) is 0 Å². The molecule has 1 N–H and O–H groups in total. The van der Waals surface area contributed by atoms with Crippen LogP contribution in [0.25, 0.3) is 0 Å². The number of aromatic nitrogens is 1. The van der Waals surface area contributed by atoms with Gasteiger partial charge in [0.1, 0.15) is 0 Å². The van der Waals surface area contributed by atoms with Gasteiger partial charge in [-0.3, -0.25) is 4.90 Å². The maximum absolute atomic E-state index is 4.47. The lowest BCUT2D eigenvalue weighted by Gasteiger charge is -2.23. The van der Waals surface area contributed by atoms with Crippen molar-refractivity contribution in [3.8, 4) is 0 Å². The van der Waals surface area contributed by atoms with E-state index in [0.29, 0.717) is 6.04 Å². The van der Waals surface area contributed by atoms with Gasteiger partial charge in [0.15, 0.2) is 0 Å². The summed E-state index contributed by atoms with van der Waals surface area (Å²) >= 11 is 1.72. The van der Waals surface area contributed by atoms with Crippen LogP contribution in [0.5, 0.6) is 0 Å². The highest BCUT2D eigenvalue weighted by atomic mass is 32.1. The van der Waals surface area contributed by atoms with Gasteiger partial charge in [-0.1, -0.05) is 6.92 Å². The molecule has 0 spiro atoms. The van der Waals surface area contributed by atoms with Gasteiger partial charge in [0.2, 0.25) is 0 Å². The first-order chi connectivity index (χ1) is 7.13. The zero-order valence-corrected chi connectivity index (χ0v) is 10.9. The Hall–Kier alpha value is -0.450. The second-order valence-electron chi connectivity index (χ2n) is 3.93. The Balaban J connectivity index is 2.37. The SMILES string of the molecule is CCNCC(C)N(C)Cc1csc(C)n1. The normalized spacial score (nSPS) is 13.4. The summed E-state index contributed by atoms with van der Waals surface area (Å²) in [5.74, 6) is 0. The molecule has 4 heteroatoms. The molecule has 15 heavy (non-hydrogen) atoms. The molecule has 0 aliphatic carbocycles. The first-order valence-corrected chi connectivity index (χ1v) is 6.33. The summed E-state index contributed by atoms with van der Waals surface area (Å²) in [5.41, 5.74) is 1.18. The molecule has 0 aliphatic rings. The molecular formula is C11H21N3S. The highest BCUT2D eigenvalue weighted by Crippen LogP contribution is 2.10. The van der Waals surface area contributed by atoms with Crippen molar-refractivity contribution in [1.29, 1.82) is 0 Å². The predicted molar refractivity (Wildman–Crippen MR) is 66.3 cm³/mol. The first kappa shape index (κ1) is 12.6. The Labute approximate surface area is 96.5 Å². The Bertz CT molecular complexity index is 285. The molecular weight excluding hydrogens is 206 g/mol. The highest BCUT2D eigenvalue weighted by Gasteiger charge is 2.10. The van der Waals surface area contributed by atoms with Gasteiger partial charge in [-0.05, 0) is 27.4 Å². The molecule has 86 valence electrons. The van der Waals surface area contributed by atoms with Crippen LogP contribution in [-0.2, 0) is 6.54 Å². The number of aryl methyl sites for hydroxylation is 1. The van der Waals surface area contributed by atoms with Crippen molar-refractivity contribution in [2.75, 3.05) is 20.1 Å². The van der Waals surface area contributed by atoms with E-state index in [1.807, 2.05) is 0 Å². The first-order valence-electron chi connectivity index (χ1n) is 5.45. The summed E-state index contributed by atoms with van der Waals surface area (Å²) in [4.78, 5) is 6.80. The van der Waals surface area contributed by atoms with E-state index in [4.69, 9.17) is 0 Å². The number of thiazole rings is 1. The van der Waals surface area contributed by atoms with Crippen LogP contribution >= 0.6 is 11.3 Å². The maximum Gasteiger partial charge on any atom is 0.0897 e. The number of likely N-dealkylation sites (N-methyl/N-ethyl adjacent to an activating group) is 2. The van der Waals surface area contributed by atoms with E-state index < -0.39 is 0 Å². The van der Waals surface area contributed by atoms with E-state index >= 15 is 0 Å². The average molecular weight is 227 g/mol. The van der Waals surface area contributed by atoms with E-state index in [2.05, 4.69) is 48.4 Å². The van der Waals surface area contributed by atoms with Gasteiger partial charge in [0, 0.05) is 24.5 Å². The molecule has 1 atom stereocenters. The fourth-order valence-corrected chi connectivity index (χ4v) is 2.01. The number of nitrogens with zero attached hydrogens (tertiary/aromatic N) is 2. The van der Waals surface area contributed by atoms with Gasteiger partial charge in [-0.2, -0.15) is 0 Å². The topological polar surface area (TPSA) is 28.2 Å². The fraction of sp³-hybridized carbons (Fsp3) is 0.727. The van der Waals surface area contributed by atoms with Gasteiger partial charge >= 0.3 is 0 Å². The highest BCUT2D eigenvalue weighted by molar-refractivity contribution is 7.09. The van der Waals surface area contributed by atoms with Crippen molar-refractivity contribution in [2.24, 2.45) is 0 Å². The van der Waals surface area contributed by atoms with Crippen molar-refractivity contribution in [1.82, 2.24) is 15.2 Å². The fourth-order valence-electron chi connectivity index (χ4n) is 1.40.